The highest BCUT2D eigenvalue weighted by molar-refractivity contribution is 5.80. The third kappa shape index (κ3) is 4.54. The van der Waals surface area contributed by atoms with Crippen molar-refractivity contribution < 1.29 is 0 Å². The Balaban J connectivity index is 3.21. The van der Waals surface area contributed by atoms with E-state index in [9.17, 15) is 0 Å². The highest BCUT2D eigenvalue weighted by Crippen LogP contribution is 2.09. The smallest absolute Gasteiger partial charge is 0.00863 e. The number of hydrogen-bond donors (Lipinski definition) is 1. The molecule has 0 rings (SSSR count). The minimum atomic E-state index is 0.506. The summed E-state index contributed by atoms with van der Waals surface area (Å²) in [5.41, 5.74) is 0.830. The first-order chi connectivity index (χ1) is 4.68. The number of hydrogen-bond acceptors (Lipinski definition) is 1. The molecule has 0 aromatic heterocycles. The summed E-state index contributed by atoms with van der Waals surface area (Å²) in [5, 5.41) is 7.34. The molecule has 1 heteroatoms. The minimum absolute atomic E-state index is 0.506. The molecule has 0 saturated carbocycles. The van der Waals surface area contributed by atoms with Crippen LogP contribution >= 0.6 is 0 Å². The standard InChI is InChI=1S/C9H19N/c1-4-5-6-7-8(2)9(3)10/h8,10H,4-7H2,1-3H3/t8-/m1/s1. The topological polar surface area (TPSA) is 23.9 Å². The lowest BCUT2D eigenvalue weighted by Crippen LogP contribution is -2.04. The number of unbranched alkanes of at least 4 members (excludes halogenated alkanes) is 2. The van der Waals surface area contributed by atoms with Crippen molar-refractivity contribution >= 4 is 5.71 Å². The molecule has 0 fully saturated rings. The summed E-state index contributed by atoms with van der Waals surface area (Å²) < 4.78 is 0. The number of rotatable bonds is 5. The van der Waals surface area contributed by atoms with E-state index in [0.717, 1.165) is 5.71 Å². The number of nitrogens with one attached hydrogen (secondary N) is 1. The Morgan fingerprint density at radius 2 is 2.00 bits per heavy atom. The van der Waals surface area contributed by atoms with E-state index in [1.165, 1.54) is 25.7 Å². The molecule has 0 bridgehead atoms. The van der Waals surface area contributed by atoms with Gasteiger partial charge in [0, 0.05) is 5.71 Å². The van der Waals surface area contributed by atoms with Crippen LogP contribution in [-0.2, 0) is 0 Å². The van der Waals surface area contributed by atoms with E-state index in [0.29, 0.717) is 5.92 Å². The molecule has 0 aliphatic rings. The first kappa shape index (κ1) is 9.67. The van der Waals surface area contributed by atoms with Crippen LogP contribution < -0.4 is 0 Å². The van der Waals surface area contributed by atoms with Crippen molar-refractivity contribution in [2.75, 3.05) is 0 Å². The van der Waals surface area contributed by atoms with E-state index in [-0.39, 0.29) is 0 Å². The van der Waals surface area contributed by atoms with Crippen LogP contribution in [0, 0.1) is 11.3 Å². The van der Waals surface area contributed by atoms with Gasteiger partial charge in [0.1, 0.15) is 0 Å². The molecular weight excluding hydrogens is 122 g/mol. The molecule has 0 radical (unpaired) electrons. The molecule has 1 nitrogen and oxygen atoms in total. The molecule has 0 aromatic carbocycles. The summed E-state index contributed by atoms with van der Waals surface area (Å²) in [4.78, 5) is 0. The van der Waals surface area contributed by atoms with Crippen LogP contribution in [0.15, 0.2) is 0 Å². The summed E-state index contributed by atoms with van der Waals surface area (Å²) in [6.45, 7) is 6.25. The van der Waals surface area contributed by atoms with Crippen LogP contribution in [0.3, 0.4) is 0 Å². The zero-order valence-corrected chi connectivity index (χ0v) is 7.41. The van der Waals surface area contributed by atoms with Crippen LogP contribution in [0.2, 0.25) is 0 Å². The summed E-state index contributed by atoms with van der Waals surface area (Å²) in [7, 11) is 0. The van der Waals surface area contributed by atoms with Crippen molar-refractivity contribution in [2.45, 2.75) is 46.5 Å². The SMILES string of the molecule is CCCCC[C@@H](C)C(C)=N. The summed E-state index contributed by atoms with van der Waals surface area (Å²) >= 11 is 0. The first-order valence-corrected chi connectivity index (χ1v) is 4.23. The van der Waals surface area contributed by atoms with Crippen LogP contribution in [-0.4, -0.2) is 5.71 Å². The van der Waals surface area contributed by atoms with Gasteiger partial charge < -0.3 is 5.41 Å². The fraction of sp³-hybridized carbons (Fsp3) is 0.889. The molecule has 0 aliphatic heterocycles. The largest absolute Gasteiger partial charge is 0.310 e. The fourth-order valence-electron chi connectivity index (χ4n) is 0.917. The first-order valence-electron chi connectivity index (χ1n) is 4.23. The van der Waals surface area contributed by atoms with Crippen LogP contribution in [0.5, 0.6) is 0 Å². The second kappa shape index (κ2) is 5.45. The monoisotopic (exact) mass is 141 g/mol. The lowest BCUT2D eigenvalue weighted by Gasteiger charge is -2.07. The maximum Gasteiger partial charge on any atom is 0.00863 e. The maximum atomic E-state index is 7.34. The molecule has 0 amide bonds. The molecule has 60 valence electrons. The Bertz CT molecular complexity index is 96.9. The van der Waals surface area contributed by atoms with Gasteiger partial charge in [-0.1, -0.05) is 33.1 Å². The Hall–Kier alpha value is -0.330. The molecule has 0 unspecified atom stereocenters. The average Bonchev–Trinajstić information content (AvgIpc) is 1.88. The maximum absolute atomic E-state index is 7.34. The lowest BCUT2D eigenvalue weighted by atomic mass is 9.99. The Kier molecular flexibility index (Phi) is 5.27. The molecule has 10 heavy (non-hydrogen) atoms. The quantitative estimate of drug-likeness (QED) is 0.449. The minimum Gasteiger partial charge on any atom is -0.310 e. The predicted molar refractivity (Wildman–Crippen MR) is 46.7 cm³/mol. The van der Waals surface area contributed by atoms with E-state index >= 15 is 0 Å². The van der Waals surface area contributed by atoms with Gasteiger partial charge in [0.15, 0.2) is 0 Å². The van der Waals surface area contributed by atoms with Crippen LogP contribution in [0.25, 0.3) is 0 Å². The summed E-state index contributed by atoms with van der Waals surface area (Å²) in [6, 6.07) is 0. The van der Waals surface area contributed by atoms with Gasteiger partial charge in [-0.2, -0.15) is 0 Å². The van der Waals surface area contributed by atoms with Gasteiger partial charge in [-0.15, -0.1) is 0 Å². The fourth-order valence-corrected chi connectivity index (χ4v) is 0.917. The van der Waals surface area contributed by atoms with E-state index in [2.05, 4.69) is 13.8 Å². The Morgan fingerprint density at radius 3 is 2.40 bits per heavy atom. The molecule has 0 aliphatic carbocycles. The predicted octanol–water partition coefficient (Wildman–Crippen LogP) is 3.24. The van der Waals surface area contributed by atoms with Crippen LogP contribution in [0.4, 0.5) is 0 Å². The second-order valence-electron chi connectivity index (χ2n) is 3.08. The molecule has 0 aromatic rings. The van der Waals surface area contributed by atoms with Crippen molar-refractivity contribution in [2.24, 2.45) is 5.92 Å². The summed E-state index contributed by atoms with van der Waals surface area (Å²) in [6.07, 6.45) is 5.08. The van der Waals surface area contributed by atoms with Gasteiger partial charge in [0.25, 0.3) is 0 Å². The third-order valence-corrected chi connectivity index (χ3v) is 1.98. The molecule has 1 atom stereocenters. The van der Waals surface area contributed by atoms with Crippen molar-refractivity contribution in [3.63, 3.8) is 0 Å². The van der Waals surface area contributed by atoms with E-state index in [1.807, 2.05) is 6.92 Å². The van der Waals surface area contributed by atoms with E-state index < -0.39 is 0 Å². The molecular formula is C9H19N. The zero-order valence-electron chi connectivity index (χ0n) is 7.41. The van der Waals surface area contributed by atoms with Gasteiger partial charge in [-0.3, -0.25) is 0 Å². The molecule has 0 saturated heterocycles. The highest BCUT2D eigenvalue weighted by Gasteiger charge is 2.01. The Labute approximate surface area is 64.3 Å². The van der Waals surface area contributed by atoms with Crippen molar-refractivity contribution in [3.8, 4) is 0 Å². The van der Waals surface area contributed by atoms with Crippen molar-refractivity contribution in [1.82, 2.24) is 0 Å². The van der Waals surface area contributed by atoms with Crippen LogP contribution in [0.1, 0.15) is 46.5 Å². The molecule has 0 spiro atoms. The lowest BCUT2D eigenvalue weighted by molar-refractivity contribution is 0.594. The highest BCUT2D eigenvalue weighted by atomic mass is 14.4. The zero-order chi connectivity index (χ0) is 7.98. The van der Waals surface area contributed by atoms with Gasteiger partial charge in [-0.05, 0) is 19.3 Å². The molecule has 1 N–H and O–H groups in total. The third-order valence-electron chi connectivity index (χ3n) is 1.98. The normalized spacial score (nSPS) is 13.1. The Morgan fingerprint density at radius 1 is 1.40 bits per heavy atom. The van der Waals surface area contributed by atoms with Gasteiger partial charge in [0.05, 0.1) is 0 Å². The van der Waals surface area contributed by atoms with Gasteiger partial charge >= 0.3 is 0 Å². The van der Waals surface area contributed by atoms with Crippen molar-refractivity contribution in [1.29, 1.82) is 5.41 Å². The van der Waals surface area contributed by atoms with Gasteiger partial charge in [-0.25, -0.2) is 0 Å². The van der Waals surface area contributed by atoms with Crippen molar-refractivity contribution in [3.05, 3.63) is 0 Å². The summed E-state index contributed by atoms with van der Waals surface area (Å²) in [5.74, 6) is 0.506. The van der Waals surface area contributed by atoms with Gasteiger partial charge in [0.2, 0.25) is 0 Å². The van der Waals surface area contributed by atoms with E-state index in [4.69, 9.17) is 5.41 Å². The second-order valence-corrected chi connectivity index (χ2v) is 3.08. The molecule has 0 heterocycles. The average molecular weight is 141 g/mol. The van der Waals surface area contributed by atoms with E-state index in [1.54, 1.807) is 0 Å².